The minimum atomic E-state index is -0.836. The van der Waals surface area contributed by atoms with Crippen LogP contribution in [0.25, 0.3) is 0 Å². The van der Waals surface area contributed by atoms with Gasteiger partial charge in [0.05, 0.1) is 17.6 Å². The molecule has 1 aliphatic heterocycles. The topological polar surface area (TPSA) is 75.6 Å². The predicted octanol–water partition coefficient (Wildman–Crippen LogP) is 2.10. The predicted molar refractivity (Wildman–Crippen MR) is 76.8 cm³/mol. The fourth-order valence-corrected chi connectivity index (χ4v) is 3.92. The van der Waals surface area contributed by atoms with Crippen molar-refractivity contribution in [3.05, 3.63) is 0 Å². The van der Waals surface area contributed by atoms with E-state index < -0.39 is 11.4 Å². The Morgan fingerprint density at radius 1 is 1.14 bits per heavy atom. The number of carboxylic acid groups (broad SMARTS) is 1. The highest BCUT2D eigenvalue weighted by molar-refractivity contribution is 5.85. The molecule has 2 N–H and O–H groups in total. The largest absolute Gasteiger partial charge is 0.481 e. The van der Waals surface area contributed by atoms with Crippen molar-refractivity contribution < 1.29 is 19.4 Å². The molecule has 0 aromatic carbocycles. The Hall–Kier alpha value is -1.10. The highest BCUT2D eigenvalue weighted by atomic mass is 16.5. The van der Waals surface area contributed by atoms with Gasteiger partial charge in [-0.15, -0.1) is 0 Å². The zero-order chi connectivity index (χ0) is 14.9. The van der Waals surface area contributed by atoms with Crippen molar-refractivity contribution in [2.75, 3.05) is 6.61 Å². The maximum atomic E-state index is 12.3. The molecule has 2 saturated carbocycles. The number of carbonyl (C=O) groups excluding carboxylic acids is 1. The molecular formula is C16H25NO4. The lowest BCUT2D eigenvalue weighted by molar-refractivity contribution is -0.154. The van der Waals surface area contributed by atoms with Gasteiger partial charge in [-0.25, -0.2) is 0 Å². The van der Waals surface area contributed by atoms with E-state index in [1.807, 2.05) is 0 Å². The summed E-state index contributed by atoms with van der Waals surface area (Å²) in [5, 5.41) is 12.6. The number of hydrogen-bond donors (Lipinski definition) is 2. The number of rotatable bonds is 5. The lowest BCUT2D eigenvalue weighted by Crippen LogP contribution is -2.45. The van der Waals surface area contributed by atoms with Crippen molar-refractivity contribution in [2.24, 2.45) is 11.3 Å². The average Bonchev–Trinajstić information content (AvgIpc) is 3.20. The zero-order valence-electron chi connectivity index (χ0n) is 12.5. The summed E-state index contributed by atoms with van der Waals surface area (Å²) in [6.07, 6.45) is 7.67. The number of aliphatic carboxylic acids is 1. The Bertz CT molecular complexity index is 413. The number of amides is 1. The Balaban J connectivity index is 1.58. The Morgan fingerprint density at radius 2 is 1.86 bits per heavy atom. The molecule has 1 amide bonds. The van der Waals surface area contributed by atoms with Gasteiger partial charge in [0.2, 0.25) is 5.91 Å². The van der Waals surface area contributed by atoms with Crippen molar-refractivity contribution in [3.63, 3.8) is 0 Å². The molecule has 5 heteroatoms. The molecule has 0 bridgehead atoms. The molecule has 2 atom stereocenters. The maximum absolute atomic E-state index is 12.3. The fraction of sp³-hybridized carbons (Fsp3) is 0.875. The standard InChI is InChI=1S/C16H25NO4/c18-13(10-16(15(19)20)7-2-1-3-8-16)17-12-6-9-21-14(12)11-4-5-11/h11-12,14H,1-10H2,(H,17,18)(H,19,20). The summed E-state index contributed by atoms with van der Waals surface area (Å²) in [5.41, 5.74) is -0.836. The van der Waals surface area contributed by atoms with Gasteiger partial charge in [0.25, 0.3) is 0 Å². The minimum Gasteiger partial charge on any atom is -0.481 e. The second kappa shape index (κ2) is 5.95. The molecule has 1 heterocycles. The van der Waals surface area contributed by atoms with E-state index in [-0.39, 0.29) is 24.5 Å². The number of nitrogens with one attached hydrogen (secondary N) is 1. The Kier molecular flexibility index (Phi) is 4.20. The number of carboxylic acids is 1. The monoisotopic (exact) mass is 295 g/mol. The van der Waals surface area contributed by atoms with Crippen molar-refractivity contribution in [2.45, 2.75) is 69.9 Å². The van der Waals surface area contributed by atoms with Crippen LogP contribution in [0.3, 0.4) is 0 Å². The smallest absolute Gasteiger partial charge is 0.310 e. The third kappa shape index (κ3) is 3.23. The van der Waals surface area contributed by atoms with Crippen LogP contribution in [-0.4, -0.2) is 35.7 Å². The number of ether oxygens (including phenoxy) is 1. The van der Waals surface area contributed by atoms with E-state index >= 15 is 0 Å². The molecule has 3 aliphatic rings. The summed E-state index contributed by atoms with van der Waals surface area (Å²) in [6, 6.07) is 0.0828. The van der Waals surface area contributed by atoms with Crippen LogP contribution in [0.2, 0.25) is 0 Å². The van der Waals surface area contributed by atoms with Crippen molar-refractivity contribution >= 4 is 11.9 Å². The van der Waals surface area contributed by atoms with E-state index in [9.17, 15) is 14.7 Å². The lowest BCUT2D eigenvalue weighted by Gasteiger charge is -2.33. The van der Waals surface area contributed by atoms with Crippen LogP contribution in [0.15, 0.2) is 0 Å². The average molecular weight is 295 g/mol. The molecule has 5 nitrogen and oxygen atoms in total. The van der Waals surface area contributed by atoms with Gasteiger partial charge >= 0.3 is 5.97 Å². The first-order valence-corrected chi connectivity index (χ1v) is 8.25. The summed E-state index contributed by atoms with van der Waals surface area (Å²) in [4.78, 5) is 24.0. The van der Waals surface area contributed by atoms with E-state index in [0.29, 0.717) is 25.4 Å². The second-order valence-electron chi connectivity index (χ2n) is 6.96. The van der Waals surface area contributed by atoms with Gasteiger partial charge in [-0.3, -0.25) is 9.59 Å². The van der Waals surface area contributed by atoms with Crippen molar-refractivity contribution in [1.82, 2.24) is 5.32 Å². The summed E-state index contributed by atoms with van der Waals surface area (Å²) in [7, 11) is 0. The Morgan fingerprint density at radius 3 is 2.48 bits per heavy atom. The van der Waals surface area contributed by atoms with Gasteiger partial charge in [-0.2, -0.15) is 0 Å². The summed E-state index contributed by atoms with van der Waals surface area (Å²) < 4.78 is 5.72. The summed E-state index contributed by atoms with van der Waals surface area (Å²) in [5.74, 6) is -0.319. The molecular weight excluding hydrogens is 270 g/mol. The molecule has 0 spiro atoms. The first kappa shape index (κ1) is 14.8. The normalized spacial score (nSPS) is 31.8. The number of carbonyl (C=O) groups is 2. The van der Waals surface area contributed by atoms with Crippen LogP contribution in [0.5, 0.6) is 0 Å². The molecule has 3 fully saturated rings. The van der Waals surface area contributed by atoms with Gasteiger partial charge < -0.3 is 15.2 Å². The molecule has 3 rings (SSSR count). The molecule has 2 aliphatic carbocycles. The van der Waals surface area contributed by atoms with E-state index in [0.717, 1.165) is 25.7 Å². The SMILES string of the molecule is O=C(CC1(C(=O)O)CCCCC1)NC1CCOC1C1CC1. The molecule has 21 heavy (non-hydrogen) atoms. The lowest BCUT2D eigenvalue weighted by atomic mass is 9.71. The first-order valence-electron chi connectivity index (χ1n) is 8.25. The fourth-order valence-electron chi connectivity index (χ4n) is 3.92. The van der Waals surface area contributed by atoms with Crippen LogP contribution in [0.1, 0.15) is 57.8 Å². The quantitative estimate of drug-likeness (QED) is 0.814. The summed E-state index contributed by atoms with van der Waals surface area (Å²) in [6.45, 7) is 0.705. The van der Waals surface area contributed by atoms with Crippen LogP contribution in [0, 0.1) is 11.3 Å². The molecule has 2 unspecified atom stereocenters. The van der Waals surface area contributed by atoms with E-state index in [1.54, 1.807) is 0 Å². The van der Waals surface area contributed by atoms with Gasteiger partial charge in [0.1, 0.15) is 0 Å². The van der Waals surface area contributed by atoms with Gasteiger partial charge in [0, 0.05) is 13.0 Å². The van der Waals surface area contributed by atoms with Crippen LogP contribution in [-0.2, 0) is 14.3 Å². The molecule has 0 aromatic heterocycles. The Labute approximate surface area is 125 Å². The van der Waals surface area contributed by atoms with Gasteiger partial charge in [-0.1, -0.05) is 19.3 Å². The number of hydrogen-bond acceptors (Lipinski definition) is 3. The zero-order valence-corrected chi connectivity index (χ0v) is 12.5. The molecule has 0 radical (unpaired) electrons. The van der Waals surface area contributed by atoms with Gasteiger partial charge in [-0.05, 0) is 38.0 Å². The van der Waals surface area contributed by atoms with Crippen molar-refractivity contribution in [3.8, 4) is 0 Å². The maximum Gasteiger partial charge on any atom is 0.310 e. The van der Waals surface area contributed by atoms with Crippen LogP contribution in [0.4, 0.5) is 0 Å². The highest BCUT2D eigenvalue weighted by Crippen LogP contribution is 2.41. The second-order valence-corrected chi connectivity index (χ2v) is 6.96. The van der Waals surface area contributed by atoms with E-state index in [2.05, 4.69) is 5.32 Å². The minimum absolute atomic E-state index is 0.0828. The van der Waals surface area contributed by atoms with Crippen molar-refractivity contribution in [1.29, 1.82) is 0 Å². The molecule has 118 valence electrons. The highest BCUT2D eigenvalue weighted by Gasteiger charge is 2.44. The van der Waals surface area contributed by atoms with E-state index in [1.165, 1.54) is 12.8 Å². The molecule has 1 saturated heterocycles. The third-order valence-corrected chi connectivity index (χ3v) is 5.33. The van der Waals surface area contributed by atoms with Crippen LogP contribution < -0.4 is 5.32 Å². The summed E-state index contributed by atoms with van der Waals surface area (Å²) >= 11 is 0. The van der Waals surface area contributed by atoms with Crippen LogP contribution >= 0.6 is 0 Å². The van der Waals surface area contributed by atoms with Gasteiger partial charge in [0.15, 0.2) is 0 Å². The third-order valence-electron chi connectivity index (χ3n) is 5.33. The van der Waals surface area contributed by atoms with E-state index in [4.69, 9.17) is 4.74 Å². The molecule has 0 aromatic rings. The first-order chi connectivity index (χ1) is 10.1.